The van der Waals surface area contributed by atoms with Crippen molar-refractivity contribution in [2.75, 3.05) is 13.1 Å². The second-order valence-electron chi connectivity index (χ2n) is 7.67. The number of nitrogens with zero attached hydrogens (tertiary/aromatic N) is 3. The number of aromatic nitrogens is 1. The Hall–Kier alpha value is -2.88. The van der Waals surface area contributed by atoms with Crippen molar-refractivity contribution in [1.29, 1.82) is 0 Å². The van der Waals surface area contributed by atoms with Gasteiger partial charge >= 0.3 is 5.91 Å². The number of hydroxylamine groups is 1. The van der Waals surface area contributed by atoms with Crippen LogP contribution in [0.1, 0.15) is 5.69 Å². The quantitative estimate of drug-likeness (QED) is 0.439. The van der Waals surface area contributed by atoms with E-state index in [4.69, 9.17) is 5.21 Å². The third-order valence-electron chi connectivity index (χ3n) is 6.03. The first-order chi connectivity index (χ1) is 14.1. The lowest BCUT2D eigenvalue weighted by Gasteiger charge is -2.38. The van der Waals surface area contributed by atoms with E-state index in [2.05, 4.69) is 20.6 Å². The maximum Gasteiger partial charge on any atom is 0.308 e. The molecular formula is C20H21FN6O2. The van der Waals surface area contributed by atoms with Crippen molar-refractivity contribution in [3.05, 3.63) is 54.1 Å². The summed E-state index contributed by atoms with van der Waals surface area (Å²) in [6, 6.07) is 8.74. The number of benzene rings is 1. The largest absolute Gasteiger partial charge is 0.347 e. The Labute approximate surface area is 166 Å². The van der Waals surface area contributed by atoms with E-state index in [0.29, 0.717) is 37.5 Å². The molecule has 3 heterocycles. The Morgan fingerprint density at radius 2 is 2.14 bits per heavy atom. The number of aliphatic imine (C=N–C) groups is 1. The molecule has 4 N–H and O–H groups in total. The summed E-state index contributed by atoms with van der Waals surface area (Å²) in [5, 5.41) is 16.4. The van der Waals surface area contributed by atoms with E-state index in [1.165, 1.54) is 12.1 Å². The molecule has 5 rings (SSSR count). The summed E-state index contributed by atoms with van der Waals surface area (Å²) in [6.07, 6.45) is 4.91. The molecule has 3 aliphatic rings. The van der Waals surface area contributed by atoms with Crippen LogP contribution in [0.3, 0.4) is 0 Å². The van der Waals surface area contributed by atoms with Crippen molar-refractivity contribution < 1.29 is 14.4 Å². The molecule has 8 nitrogen and oxygen atoms in total. The molecule has 3 atom stereocenters. The Morgan fingerprint density at radius 3 is 2.86 bits per heavy atom. The highest BCUT2D eigenvalue weighted by molar-refractivity contribution is 5.88. The molecule has 1 saturated heterocycles. The number of nitrogens with one attached hydrogen (secondary N) is 3. The molecule has 29 heavy (non-hydrogen) atoms. The van der Waals surface area contributed by atoms with Crippen molar-refractivity contribution in [3.8, 4) is 0 Å². The highest BCUT2D eigenvalue weighted by atomic mass is 19.1. The molecule has 2 aromatic rings. The number of fused-ring (bicyclic) bond motifs is 2. The average molecular weight is 396 g/mol. The molecule has 1 amide bonds. The van der Waals surface area contributed by atoms with Crippen LogP contribution in [0.25, 0.3) is 10.9 Å². The van der Waals surface area contributed by atoms with Gasteiger partial charge in [0.05, 0.1) is 11.2 Å². The Bertz CT molecular complexity index is 1020. The number of rotatable bonds is 5. The molecule has 9 heteroatoms. The van der Waals surface area contributed by atoms with E-state index >= 15 is 0 Å². The molecular weight excluding hydrogens is 375 g/mol. The fourth-order valence-corrected chi connectivity index (χ4v) is 4.47. The SMILES string of the molecule is O=C(NO)C1(N2CC3C(C2)C3NCc2ccc3cc(F)ccc3n2)N=CC=CN1. The number of hydrogen-bond acceptors (Lipinski definition) is 7. The first-order valence-corrected chi connectivity index (χ1v) is 9.57. The van der Waals surface area contributed by atoms with E-state index in [1.54, 1.807) is 30.0 Å². The normalized spacial score (nSPS) is 30.2. The highest BCUT2D eigenvalue weighted by Crippen LogP contribution is 2.47. The Morgan fingerprint density at radius 1 is 1.31 bits per heavy atom. The van der Waals surface area contributed by atoms with Crippen molar-refractivity contribution in [2.45, 2.75) is 18.4 Å². The second-order valence-corrected chi connectivity index (χ2v) is 7.67. The molecule has 1 aromatic carbocycles. The van der Waals surface area contributed by atoms with Gasteiger partial charge in [-0.1, -0.05) is 6.07 Å². The summed E-state index contributed by atoms with van der Waals surface area (Å²) in [6.45, 7) is 2.02. The third kappa shape index (κ3) is 3.07. The summed E-state index contributed by atoms with van der Waals surface area (Å²) < 4.78 is 13.3. The molecule has 2 aliphatic heterocycles. The maximum atomic E-state index is 13.3. The maximum absolute atomic E-state index is 13.3. The van der Waals surface area contributed by atoms with Gasteiger partial charge in [-0.3, -0.25) is 19.9 Å². The van der Waals surface area contributed by atoms with Crippen LogP contribution in [-0.4, -0.2) is 52.1 Å². The van der Waals surface area contributed by atoms with Crippen LogP contribution < -0.4 is 16.1 Å². The summed E-state index contributed by atoms with van der Waals surface area (Å²) in [7, 11) is 0. The van der Waals surface area contributed by atoms with Gasteiger partial charge in [-0.2, -0.15) is 0 Å². The minimum absolute atomic E-state index is 0.263. The fourth-order valence-electron chi connectivity index (χ4n) is 4.47. The number of piperidine rings is 1. The smallest absolute Gasteiger partial charge is 0.308 e. The lowest BCUT2D eigenvalue weighted by molar-refractivity contribution is -0.143. The second kappa shape index (κ2) is 6.87. The predicted octanol–water partition coefficient (Wildman–Crippen LogP) is 0.741. The van der Waals surface area contributed by atoms with E-state index in [-0.39, 0.29) is 5.82 Å². The Kier molecular flexibility index (Phi) is 4.30. The molecule has 0 spiro atoms. The van der Waals surface area contributed by atoms with E-state index in [1.807, 2.05) is 17.0 Å². The van der Waals surface area contributed by atoms with Crippen LogP contribution in [0.4, 0.5) is 4.39 Å². The van der Waals surface area contributed by atoms with E-state index < -0.39 is 11.7 Å². The van der Waals surface area contributed by atoms with Gasteiger partial charge in [0, 0.05) is 43.5 Å². The molecule has 3 unspecified atom stereocenters. The molecule has 2 fully saturated rings. The minimum atomic E-state index is -1.29. The van der Waals surface area contributed by atoms with Crippen LogP contribution in [0.2, 0.25) is 0 Å². The predicted molar refractivity (Wildman–Crippen MR) is 104 cm³/mol. The third-order valence-corrected chi connectivity index (χ3v) is 6.03. The number of hydrogen-bond donors (Lipinski definition) is 4. The number of carbonyl (C=O) groups is 1. The van der Waals surface area contributed by atoms with Crippen LogP contribution >= 0.6 is 0 Å². The summed E-state index contributed by atoms with van der Waals surface area (Å²) in [5.74, 6) is -1.33. The standard InChI is InChI=1S/C20H21FN6O2/c21-13-3-5-17-12(8-13)2-4-14(25-17)9-22-18-15-10-27(11-16(15)18)20(19(28)26-29)23-6-1-7-24-20/h1-8,15-16,18,22-23,29H,9-11H2,(H,26,28). The zero-order valence-corrected chi connectivity index (χ0v) is 15.5. The average Bonchev–Trinajstić information content (AvgIpc) is 3.20. The lowest BCUT2D eigenvalue weighted by atomic mass is 10.2. The lowest BCUT2D eigenvalue weighted by Crippen LogP contribution is -2.65. The number of carbonyl (C=O) groups excluding carboxylic acids is 1. The van der Waals surface area contributed by atoms with Crippen LogP contribution in [0.5, 0.6) is 0 Å². The summed E-state index contributed by atoms with van der Waals surface area (Å²) in [5.41, 5.74) is 3.40. The van der Waals surface area contributed by atoms with E-state index in [0.717, 1.165) is 16.6 Å². The molecule has 150 valence electrons. The van der Waals surface area contributed by atoms with Crippen molar-refractivity contribution >= 4 is 23.0 Å². The van der Waals surface area contributed by atoms with Gasteiger partial charge in [0.25, 0.3) is 5.79 Å². The van der Waals surface area contributed by atoms with Gasteiger partial charge in [-0.25, -0.2) is 14.9 Å². The highest BCUT2D eigenvalue weighted by Gasteiger charge is 2.60. The monoisotopic (exact) mass is 396 g/mol. The van der Waals surface area contributed by atoms with Gasteiger partial charge in [0.15, 0.2) is 0 Å². The fraction of sp³-hybridized carbons (Fsp3) is 0.350. The number of pyridine rings is 1. The van der Waals surface area contributed by atoms with Gasteiger partial charge in [0.1, 0.15) is 5.82 Å². The van der Waals surface area contributed by atoms with Crippen molar-refractivity contribution in [3.63, 3.8) is 0 Å². The molecule has 1 saturated carbocycles. The zero-order chi connectivity index (χ0) is 20.0. The molecule has 1 aliphatic carbocycles. The van der Waals surface area contributed by atoms with Gasteiger partial charge in [-0.15, -0.1) is 0 Å². The minimum Gasteiger partial charge on any atom is -0.347 e. The number of likely N-dealkylation sites (tertiary alicyclic amines) is 1. The molecule has 0 bridgehead atoms. The summed E-state index contributed by atoms with van der Waals surface area (Å²) in [4.78, 5) is 23.1. The van der Waals surface area contributed by atoms with Gasteiger partial charge in [-0.05, 0) is 42.2 Å². The Balaban J connectivity index is 1.21. The molecule has 0 radical (unpaired) electrons. The van der Waals surface area contributed by atoms with Gasteiger partial charge < -0.3 is 10.6 Å². The van der Waals surface area contributed by atoms with Crippen LogP contribution in [0.15, 0.2) is 47.6 Å². The first kappa shape index (κ1) is 18.2. The first-order valence-electron chi connectivity index (χ1n) is 9.57. The summed E-state index contributed by atoms with van der Waals surface area (Å²) >= 11 is 0. The number of allylic oxidation sites excluding steroid dienone is 1. The topological polar surface area (TPSA) is 102 Å². The van der Waals surface area contributed by atoms with Crippen LogP contribution in [0, 0.1) is 17.7 Å². The van der Waals surface area contributed by atoms with Crippen molar-refractivity contribution in [2.24, 2.45) is 16.8 Å². The zero-order valence-electron chi connectivity index (χ0n) is 15.5. The molecule has 1 aromatic heterocycles. The van der Waals surface area contributed by atoms with Crippen molar-refractivity contribution in [1.82, 2.24) is 26.0 Å². The van der Waals surface area contributed by atoms with Gasteiger partial charge in [0.2, 0.25) is 0 Å². The number of halogens is 1. The van der Waals surface area contributed by atoms with Crippen LogP contribution in [-0.2, 0) is 11.3 Å². The van der Waals surface area contributed by atoms with E-state index in [9.17, 15) is 9.18 Å². The number of amides is 1.